The van der Waals surface area contributed by atoms with Crippen LogP contribution in [0.1, 0.15) is 36.9 Å². The minimum Gasteiger partial charge on any atom is -0.482 e. The van der Waals surface area contributed by atoms with Crippen molar-refractivity contribution in [2.24, 2.45) is 0 Å². The zero-order valence-electron chi connectivity index (χ0n) is 15.8. The number of fused-ring (bicyclic) bond motifs is 1. The molecule has 0 saturated carbocycles. The van der Waals surface area contributed by atoms with Gasteiger partial charge in [0.05, 0.1) is 11.1 Å². The fourth-order valence-corrected chi connectivity index (χ4v) is 3.32. The molecule has 28 heavy (non-hydrogen) atoms. The molecule has 1 atom stereocenters. The van der Waals surface area contributed by atoms with Crippen LogP contribution < -0.4 is 15.7 Å². The van der Waals surface area contributed by atoms with Crippen LogP contribution in [0.2, 0.25) is 5.02 Å². The van der Waals surface area contributed by atoms with E-state index in [2.05, 4.69) is 12.2 Å². The molecule has 0 aliphatic heterocycles. The number of nitrogens with one attached hydrogen (secondary N) is 1. The normalized spacial score (nSPS) is 12.0. The third kappa shape index (κ3) is 4.73. The molecule has 0 saturated heterocycles. The fraction of sp³-hybridized carbons (Fsp3) is 0.273. The van der Waals surface area contributed by atoms with Crippen molar-refractivity contribution >= 4 is 28.5 Å². The van der Waals surface area contributed by atoms with Crippen LogP contribution in [-0.4, -0.2) is 12.5 Å². The Morgan fingerprint density at radius 3 is 2.68 bits per heavy atom. The predicted octanol–water partition coefficient (Wildman–Crippen LogP) is 4.79. The highest BCUT2D eigenvalue weighted by molar-refractivity contribution is 6.32. The highest BCUT2D eigenvalue weighted by atomic mass is 35.5. The summed E-state index contributed by atoms with van der Waals surface area (Å²) < 4.78 is 10.8. The number of hydrogen-bond acceptors (Lipinski definition) is 4. The summed E-state index contributed by atoms with van der Waals surface area (Å²) in [7, 11) is 0. The number of aryl methyl sites for hydroxylation is 1. The van der Waals surface area contributed by atoms with Crippen molar-refractivity contribution in [1.82, 2.24) is 5.32 Å². The minimum atomic E-state index is -0.443. The quantitative estimate of drug-likeness (QED) is 0.580. The van der Waals surface area contributed by atoms with E-state index in [0.717, 1.165) is 29.4 Å². The van der Waals surface area contributed by atoms with Crippen LogP contribution in [0, 0.1) is 6.92 Å². The summed E-state index contributed by atoms with van der Waals surface area (Å²) in [6, 6.07) is 14.4. The van der Waals surface area contributed by atoms with Crippen molar-refractivity contribution in [3.05, 3.63) is 75.1 Å². The van der Waals surface area contributed by atoms with Crippen LogP contribution in [0.3, 0.4) is 0 Å². The van der Waals surface area contributed by atoms with Crippen LogP contribution >= 0.6 is 11.6 Å². The molecule has 0 bridgehead atoms. The number of halogens is 1. The molecule has 0 radical (unpaired) electrons. The molecule has 0 spiro atoms. The Hall–Kier alpha value is -2.79. The molecule has 1 N–H and O–H groups in total. The molecule has 0 aliphatic carbocycles. The Morgan fingerprint density at radius 2 is 1.96 bits per heavy atom. The van der Waals surface area contributed by atoms with E-state index >= 15 is 0 Å². The summed E-state index contributed by atoms with van der Waals surface area (Å²) in [4.78, 5) is 24.0. The summed E-state index contributed by atoms with van der Waals surface area (Å²) in [6.07, 6.45) is 1.77. The first-order valence-electron chi connectivity index (χ1n) is 9.19. The van der Waals surface area contributed by atoms with Gasteiger partial charge in [-0.3, -0.25) is 4.79 Å². The third-order valence-electron chi connectivity index (χ3n) is 4.48. The highest BCUT2D eigenvalue weighted by Gasteiger charge is 2.15. The molecule has 1 aromatic heterocycles. The second-order valence-corrected chi connectivity index (χ2v) is 7.04. The lowest BCUT2D eigenvalue weighted by Crippen LogP contribution is -2.32. The molecule has 5 nitrogen and oxygen atoms in total. The molecule has 3 rings (SSSR count). The van der Waals surface area contributed by atoms with Gasteiger partial charge in [0.15, 0.2) is 6.61 Å². The van der Waals surface area contributed by atoms with Crippen LogP contribution in [-0.2, 0) is 4.79 Å². The van der Waals surface area contributed by atoms with Gasteiger partial charge in [0.1, 0.15) is 11.3 Å². The maximum absolute atomic E-state index is 12.4. The first-order valence-corrected chi connectivity index (χ1v) is 9.57. The molecule has 0 aliphatic rings. The van der Waals surface area contributed by atoms with Crippen LogP contribution in [0.4, 0.5) is 0 Å². The number of rotatable bonds is 7. The first-order chi connectivity index (χ1) is 13.5. The van der Waals surface area contributed by atoms with E-state index in [4.69, 9.17) is 20.8 Å². The van der Waals surface area contributed by atoms with Gasteiger partial charge < -0.3 is 14.5 Å². The molecular weight excluding hydrogens is 378 g/mol. The zero-order valence-corrected chi connectivity index (χ0v) is 16.6. The molecular formula is C22H22ClNO4. The van der Waals surface area contributed by atoms with E-state index in [0.29, 0.717) is 16.4 Å². The van der Waals surface area contributed by atoms with Gasteiger partial charge in [0.2, 0.25) is 0 Å². The lowest BCUT2D eigenvalue weighted by atomic mass is 10.0. The highest BCUT2D eigenvalue weighted by Crippen LogP contribution is 2.31. The van der Waals surface area contributed by atoms with Crippen LogP contribution in [0.5, 0.6) is 5.75 Å². The number of ether oxygens (including phenoxy) is 1. The van der Waals surface area contributed by atoms with Gasteiger partial charge in [-0.15, -0.1) is 0 Å². The van der Waals surface area contributed by atoms with E-state index < -0.39 is 5.63 Å². The molecule has 146 valence electrons. The molecule has 1 heterocycles. The van der Waals surface area contributed by atoms with Gasteiger partial charge in [-0.2, -0.15) is 0 Å². The van der Waals surface area contributed by atoms with Gasteiger partial charge in [0.25, 0.3) is 5.91 Å². The standard InChI is InChI=1S/C22H22ClNO4/c1-3-7-18(15-8-5-4-6-9-15)24-21(25)13-27-20-12-19-16(11-17(20)23)14(2)10-22(26)28-19/h4-6,8-12,18H,3,7,13H2,1-2H3,(H,24,25). The van der Waals surface area contributed by atoms with Gasteiger partial charge in [0, 0.05) is 17.5 Å². The first kappa shape index (κ1) is 20.0. The van der Waals surface area contributed by atoms with Gasteiger partial charge in [-0.1, -0.05) is 55.3 Å². The average molecular weight is 400 g/mol. The lowest BCUT2D eigenvalue weighted by molar-refractivity contribution is -0.123. The monoisotopic (exact) mass is 399 g/mol. The van der Waals surface area contributed by atoms with Gasteiger partial charge in [-0.25, -0.2) is 4.79 Å². The summed E-state index contributed by atoms with van der Waals surface area (Å²) in [5.74, 6) is 0.0500. The Balaban J connectivity index is 1.71. The van der Waals surface area contributed by atoms with E-state index in [-0.39, 0.29) is 18.6 Å². The summed E-state index contributed by atoms with van der Waals surface area (Å²) >= 11 is 6.27. The van der Waals surface area contributed by atoms with Crippen molar-refractivity contribution < 1.29 is 13.9 Å². The molecule has 1 amide bonds. The zero-order chi connectivity index (χ0) is 20.1. The third-order valence-corrected chi connectivity index (χ3v) is 4.77. The van der Waals surface area contributed by atoms with Crippen molar-refractivity contribution in [1.29, 1.82) is 0 Å². The van der Waals surface area contributed by atoms with E-state index in [1.165, 1.54) is 6.07 Å². The molecule has 3 aromatic rings. The molecule has 6 heteroatoms. The van der Waals surface area contributed by atoms with Gasteiger partial charge >= 0.3 is 5.63 Å². The van der Waals surface area contributed by atoms with Gasteiger partial charge in [-0.05, 0) is 30.5 Å². The van der Waals surface area contributed by atoms with Crippen molar-refractivity contribution in [3.63, 3.8) is 0 Å². The van der Waals surface area contributed by atoms with Crippen LogP contribution in [0.25, 0.3) is 11.0 Å². The summed E-state index contributed by atoms with van der Waals surface area (Å²) in [5, 5.41) is 4.08. The van der Waals surface area contributed by atoms with Crippen molar-refractivity contribution in [3.8, 4) is 5.75 Å². The van der Waals surface area contributed by atoms with E-state index in [9.17, 15) is 9.59 Å². The van der Waals surface area contributed by atoms with E-state index in [1.54, 1.807) is 19.1 Å². The van der Waals surface area contributed by atoms with Crippen molar-refractivity contribution in [2.75, 3.05) is 6.61 Å². The predicted molar refractivity (Wildman–Crippen MR) is 110 cm³/mol. The number of hydrogen-bond donors (Lipinski definition) is 1. The molecule has 0 fully saturated rings. The average Bonchev–Trinajstić information content (AvgIpc) is 2.67. The van der Waals surface area contributed by atoms with Crippen molar-refractivity contribution in [2.45, 2.75) is 32.7 Å². The lowest BCUT2D eigenvalue weighted by Gasteiger charge is -2.19. The fourth-order valence-electron chi connectivity index (χ4n) is 3.11. The number of carbonyl (C=O) groups excluding carboxylic acids is 1. The smallest absolute Gasteiger partial charge is 0.336 e. The number of amides is 1. The summed E-state index contributed by atoms with van der Waals surface area (Å²) in [6.45, 7) is 3.69. The maximum atomic E-state index is 12.4. The topological polar surface area (TPSA) is 68.5 Å². The molecule has 1 unspecified atom stereocenters. The SMILES string of the molecule is CCCC(NC(=O)COc1cc2oc(=O)cc(C)c2cc1Cl)c1ccccc1. The maximum Gasteiger partial charge on any atom is 0.336 e. The number of benzene rings is 2. The Morgan fingerprint density at radius 1 is 1.21 bits per heavy atom. The Bertz CT molecular complexity index is 1030. The van der Waals surface area contributed by atoms with Crippen LogP contribution in [0.15, 0.2) is 57.7 Å². The Kier molecular flexibility index (Phi) is 6.37. The minimum absolute atomic E-state index is 0.0740. The molecule has 2 aromatic carbocycles. The second kappa shape index (κ2) is 8.93. The number of carbonyl (C=O) groups is 1. The Labute approximate surface area is 168 Å². The summed E-state index contributed by atoms with van der Waals surface area (Å²) in [5.41, 5.74) is 1.75. The second-order valence-electron chi connectivity index (χ2n) is 6.64. The largest absolute Gasteiger partial charge is 0.482 e. The van der Waals surface area contributed by atoms with E-state index in [1.807, 2.05) is 30.3 Å².